The minimum absolute atomic E-state index is 0.115. The van der Waals surface area contributed by atoms with Gasteiger partial charge < -0.3 is 10.6 Å². The Morgan fingerprint density at radius 3 is 2.60 bits per heavy atom. The Hall–Kier alpha value is -2.50. The largest absolute Gasteiger partial charge is 0.373 e. The van der Waals surface area contributed by atoms with Crippen molar-refractivity contribution < 1.29 is 13.6 Å². The normalized spacial score (nSPS) is 10.2. The van der Waals surface area contributed by atoms with Crippen LogP contribution < -0.4 is 10.6 Å². The van der Waals surface area contributed by atoms with Crippen molar-refractivity contribution in [2.45, 2.75) is 6.54 Å². The standard InChI is InChI=1S/C14H13F2N3O/c1-17-13-5-3-10(8-18-13)14(20)19-7-9-2-4-11(15)12(16)6-9/h2-6,8H,7H2,1H3,(H,17,18)(H,19,20). The summed E-state index contributed by atoms with van der Waals surface area (Å²) in [5.41, 5.74) is 0.878. The summed E-state index contributed by atoms with van der Waals surface area (Å²) in [6.07, 6.45) is 1.44. The van der Waals surface area contributed by atoms with E-state index in [2.05, 4.69) is 15.6 Å². The molecule has 4 nitrogen and oxygen atoms in total. The molecule has 0 saturated heterocycles. The van der Waals surface area contributed by atoms with Crippen molar-refractivity contribution in [3.8, 4) is 0 Å². The SMILES string of the molecule is CNc1ccc(C(=O)NCc2ccc(F)c(F)c2)cn1. The predicted molar refractivity (Wildman–Crippen MR) is 71.3 cm³/mol. The van der Waals surface area contributed by atoms with Crippen LogP contribution in [0.25, 0.3) is 0 Å². The summed E-state index contributed by atoms with van der Waals surface area (Å²) in [5, 5.41) is 5.45. The van der Waals surface area contributed by atoms with Gasteiger partial charge in [0.15, 0.2) is 11.6 Å². The van der Waals surface area contributed by atoms with Gasteiger partial charge >= 0.3 is 0 Å². The Bertz CT molecular complexity index is 614. The maximum Gasteiger partial charge on any atom is 0.253 e. The summed E-state index contributed by atoms with van der Waals surface area (Å²) in [6, 6.07) is 6.80. The van der Waals surface area contributed by atoms with Crippen molar-refractivity contribution in [1.29, 1.82) is 0 Å². The molecule has 2 rings (SSSR count). The number of nitrogens with one attached hydrogen (secondary N) is 2. The molecule has 0 atom stereocenters. The van der Waals surface area contributed by atoms with E-state index in [1.807, 2.05) is 0 Å². The molecule has 2 N–H and O–H groups in total. The highest BCUT2D eigenvalue weighted by molar-refractivity contribution is 5.93. The number of anilines is 1. The minimum Gasteiger partial charge on any atom is -0.373 e. The number of hydrogen-bond donors (Lipinski definition) is 2. The molecule has 1 aromatic heterocycles. The molecule has 0 fully saturated rings. The number of pyridine rings is 1. The number of amides is 1. The van der Waals surface area contributed by atoms with Crippen LogP contribution in [-0.2, 0) is 6.54 Å². The first-order valence-corrected chi connectivity index (χ1v) is 5.96. The Morgan fingerprint density at radius 2 is 2.00 bits per heavy atom. The van der Waals surface area contributed by atoms with Crippen LogP contribution in [0.1, 0.15) is 15.9 Å². The smallest absolute Gasteiger partial charge is 0.253 e. The average molecular weight is 277 g/mol. The Kier molecular flexibility index (Phi) is 4.24. The molecule has 1 heterocycles. The fourth-order valence-electron chi connectivity index (χ4n) is 1.61. The molecule has 0 aliphatic carbocycles. The number of benzene rings is 1. The van der Waals surface area contributed by atoms with Crippen LogP contribution in [0.5, 0.6) is 0 Å². The van der Waals surface area contributed by atoms with Crippen LogP contribution in [0.15, 0.2) is 36.5 Å². The fraction of sp³-hybridized carbons (Fsp3) is 0.143. The number of rotatable bonds is 4. The summed E-state index contributed by atoms with van der Waals surface area (Å²) in [4.78, 5) is 15.8. The molecule has 1 amide bonds. The summed E-state index contributed by atoms with van der Waals surface area (Å²) < 4.78 is 25.8. The van der Waals surface area contributed by atoms with Crippen LogP contribution >= 0.6 is 0 Å². The monoisotopic (exact) mass is 277 g/mol. The predicted octanol–water partition coefficient (Wildman–Crippen LogP) is 2.33. The van der Waals surface area contributed by atoms with Gasteiger partial charge in [-0.2, -0.15) is 0 Å². The lowest BCUT2D eigenvalue weighted by molar-refractivity contribution is 0.0950. The second kappa shape index (κ2) is 6.10. The zero-order valence-electron chi connectivity index (χ0n) is 10.8. The summed E-state index contributed by atoms with van der Waals surface area (Å²) in [6.45, 7) is 0.115. The van der Waals surface area contributed by atoms with Crippen LogP contribution in [-0.4, -0.2) is 17.9 Å². The van der Waals surface area contributed by atoms with E-state index in [9.17, 15) is 13.6 Å². The van der Waals surface area contributed by atoms with E-state index in [-0.39, 0.29) is 12.5 Å². The van der Waals surface area contributed by atoms with E-state index in [4.69, 9.17) is 0 Å². The van der Waals surface area contributed by atoms with Gasteiger partial charge in [0.25, 0.3) is 5.91 Å². The highest BCUT2D eigenvalue weighted by Crippen LogP contribution is 2.09. The molecule has 0 spiro atoms. The van der Waals surface area contributed by atoms with Gasteiger partial charge in [-0.1, -0.05) is 6.07 Å². The first-order valence-electron chi connectivity index (χ1n) is 5.96. The number of nitrogens with zero attached hydrogens (tertiary/aromatic N) is 1. The highest BCUT2D eigenvalue weighted by Gasteiger charge is 2.07. The highest BCUT2D eigenvalue weighted by atomic mass is 19.2. The van der Waals surface area contributed by atoms with Crippen LogP contribution in [0.2, 0.25) is 0 Å². The zero-order valence-corrected chi connectivity index (χ0v) is 10.8. The maximum absolute atomic E-state index is 13.0. The van der Waals surface area contributed by atoms with E-state index in [0.717, 1.165) is 12.1 Å². The Labute approximate surface area is 114 Å². The average Bonchev–Trinajstić information content (AvgIpc) is 2.48. The van der Waals surface area contributed by atoms with Crippen LogP contribution in [0.4, 0.5) is 14.6 Å². The number of halogens is 2. The maximum atomic E-state index is 13.0. The van der Waals surface area contributed by atoms with Crippen LogP contribution in [0, 0.1) is 11.6 Å². The van der Waals surface area contributed by atoms with Crippen molar-refractivity contribution in [2.75, 3.05) is 12.4 Å². The van der Waals surface area contributed by atoms with E-state index in [0.29, 0.717) is 16.9 Å². The summed E-state index contributed by atoms with van der Waals surface area (Å²) >= 11 is 0. The van der Waals surface area contributed by atoms with E-state index >= 15 is 0 Å². The van der Waals surface area contributed by atoms with Gasteiger partial charge in [0.2, 0.25) is 0 Å². The van der Waals surface area contributed by atoms with E-state index in [1.165, 1.54) is 12.3 Å². The third-order valence-corrected chi connectivity index (χ3v) is 2.72. The molecule has 1 aromatic carbocycles. The lowest BCUT2D eigenvalue weighted by Crippen LogP contribution is -2.23. The van der Waals surface area contributed by atoms with Gasteiger partial charge in [-0.3, -0.25) is 4.79 Å². The van der Waals surface area contributed by atoms with Gasteiger partial charge in [-0.15, -0.1) is 0 Å². The molecule has 104 valence electrons. The van der Waals surface area contributed by atoms with Gasteiger partial charge in [-0.05, 0) is 29.8 Å². The molecule has 0 bridgehead atoms. The van der Waals surface area contributed by atoms with Gasteiger partial charge in [0.1, 0.15) is 5.82 Å². The van der Waals surface area contributed by atoms with Crippen molar-refractivity contribution in [3.05, 3.63) is 59.3 Å². The number of aromatic nitrogens is 1. The topological polar surface area (TPSA) is 54.0 Å². The first kappa shape index (κ1) is 13.9. The second-order valence-corrected chi connectivity index (χ2v) is 4.11. The zero-order chi connectivity index (χ0) is 14.5. The minimum atomic E-state index is -0.934. The number of carbonyl (C=O) groups excluding carboxylic acids is 1. The number of hydrogen-bond acceptors (Lipinski definition) is 3. The Morgan fingerprint density at radius 1 is 1.20 bits per heavy atom. The summed E-state index contributed by atoms with van der Waals surface area (Å²) in [7, 11) is 1.73. The van der Waals surface area contributed by atoms with E-state index in [1.54, 1.807) is 19.2 Å². The number of carbonyl (C=O) groups is 1. The van der Waals surface area contributed by atoms with Gasteiger partial charge in [0, 0.05) is 19.8 Å². The fourth-order valence-corrected chi connectivity index (χ4v) is 1.61. The van der Waals surface area contributed by atoms with Crippen molar-refractivity contribution >= 4 is 11.7 Å². The van der Waals surface area contributed by atoms with Crippen molar-refractivity contribution in [1.82, 2.24) is 10.3 Å². The molecule has 0 radical (unpaired) electrons. The van der Waals surface area contributed by atoms with Gasteiger partial charge in [0.05, 0.1) is 5.56 Å². The lowest BCUT2D eigenvalue weighted by atomic mass is 10.2. The first-order chi connectivity index (χ1) is 9.60. The lowest BCUT2D eigenvalue weighted by Gasteiger charge is -2.06. The Balaban J connectivity index is 1.98. The quantitative estimate of drug-likeness (QED) is 0.902. The molecule has 6 heteroatoms. The van der Waals surface area contributed by atoms with E-state index < -0.39 is 11.6 Å². The summed E-state index contributed by atoms with van der Waals surface area (Å²) in [5.74, 6) is -1.52. The molecule has 0 aliphatic rings. The van der Waals surface area contributed by atoms with Crippen molar-refractivity contribution in [2.24, 2.45) is 0 Å². The molecule has 0 aliphatic heterocycles. The molecular formula is C14H13F2N3O. The van der Waals surface area contributed by atoms with Crippen LogP contribution in [0.3, 0.4) is 0 Å². The van der Waals surface area contributed by atoms with Crippen molar-refractivity contribution in [3.63, 3.8) is 0 Å². The molecule has 2 aromatic rings. The molecular weight excluding hydrogens is 264 g/mol. The van der Waals surface area contributed by atoms with Gasteiger partial charge in [-0.25, -0.2) is 13.8 Å². The molecule has 20 heavy (non-hydrogen) atoms. The molecule has 0 unspecified atom stereocenters. The molecule has 0 saturated carbocycles. The third kappa shape index (κ3) is 3.28. The third-order valence-electron chi connectivity index (χ3n) is 2.72. The second-order valence-electron chi connectivity index (χ2n) is 4.11.